The molecule has 3 aromatic rings. The minimum atomic E-state index is -0.862. The van der Waals surface area contributed by atoms with Crippen molar-refractivity contribution in [1.82, 2.24) is 4.98 Å². The van der Waals surface area contributed by atoms with E-state index in [9.17, 15) is 8.78 Å². The molecule has 0 N–H and O–H groups in total. The summed E-state index contributed by atoms with van der Waals surface area (Å²) >= 11 is 4.80. The fourth-order valence-electron chi connectivity index (χ4n) is 1.85. The second-order valence-corrected chi connectivity index (χ2v) is 5.92. The van der Waals surface area contributed by atoms with Gasteiger partial charge in [0.1, 0.15) is 5.01 Å². The van der Waals surface area contributed by atoms with E-state index < -0.39 is 11.6 Å². The zero-order chi connectivity index (χ0) is 14.1. The summed E-state index contributed by atoms with van der Waals surface area (Å²) in [4.78, 5) is 4.38. The van der Waals surface area contributed by atoms with Crippen LogP contribution in [0.25, 0.3) is 21.8 Å². The summed E-state index contributed by atoms with van der Waals surface area (Å²) < 4.78 is 27.9. The minimum absolute atomic E-state index is 0.183. The molecule has 0 aliphatic carbocycles. The van der Waals surface area contributed by atoms with Crippen molar-refractivity contribution in [3.05, 3.63) is 64.0 Å². The molecular formula is C15H8BrF2NS. The molecule has 0 radical (unpaired) electrons. The lowest BCUT2D eigenvalue weighted by Gasteiger charge is -2.00. The fraction of sp³-hybridized carbons (Fsp3) is 0. The monoisotopic (exact) mass is 351 g/mol. The third kappa shape index (κ3) is 2.51. The third-order valence-electron chi connectivity index (χ3n) is 2.80. The van der Waals surface area contributed by atoms with E-state index in [1.807, 2.05) is 24.3 Å². The smallest absolute Gasteiger partial charge is 0.168 e. The van der Waals surface area contributed by atoms with Crippen LogP contribution in [0.15, 0.2) is 52.3 Å². The molecule has 0 fully saturated rings. The molecule has 1 aromatic heterocycles. The first-order chi connectivity index (χ1) is 9.65. The van der Waals surface area contributed by atoms with Crippen molar-refractivity contribution in [3.63, 3.8) is 0 Å². The maximum absolute atomic E-state index is 13.7. The number of halogens is 3. The molecule has 2 aromatic carbocycles. The quantitative estimate of drug-likeness (QED) is 0.592. The molecule has 0 spiro atoms. The van der Waals surface area contributed by atoms with Crippen molar-refractivity contribution in [2.24, 2.45) is 0 Å². The molecule has 1 heterocycles. The van der Waals surface area contributed by atoms with E-state index in [2.05, 4.69) is 20.9 Å². The first kappa shape index (κ1) is 13.4. The van der Waals surface area contributed by atoms with Gasteiger partial charge in [0, 0.05) is 21.0 Å². The fourth-order valence-corrected chi connectivity index (χ4v) is 3.07. The summed E-state index contributed by atoms with van der Waals surface area (Å²) in [5.74, 6) is -1.72. The van der Waals surface area contributed by atoms with Gasteiger partial charge in [0.15, 0.2) is 11.6 Å². The lowest BCUT2D eigenvalue weighted by atomic mass is 10.1. The van der Waals surface area contributed by atoms with E-state index in [1.165, 1.54) is 23.5 Å². The maximum atomic E-state index is 13.7. The van der Waals surface area contributed by atoms with Gasteiger partial charge in [-0.2, -0.15) is 0 Å². The Kier molecular flexibility index (Phi) is 3.63. The SMILES string of the molecule is Fc1cccc(-c2csc(-c3cccc(Br)c3)n2)c1F. The average molecular weight is 352 g/mol. The van der Waals surface area contributed by atoms with Gasteiger partial charge < -0.3 is 0 Å². The summed E-state index contributed by atoms with van der Waals surface area (Å²) in [5.41, 5.74) is 1.57. The molecule has 3 rings (SSSR count). The normalized spacial score (nSPS) is 10.8. The highest BCUT2D eigenvalue weighted by atomic mass is 79.9. The van der Waals surface area contributed by atoms with Crippen molar-refractivity contribution < 1.29 is 8.78 Å². The van der Waals surface area contributed by atoms with Gasteiger partial charge in [-0.3, -0.25) is 0 Å². The Morgan fingerprint density at radius 3 is 2.65 bits per heavy atom. The van der Waals surface area contributed by atoms with Gasteiger partial charge in [-0.15, -0.1) is 11.3 Å². The number of thiazole rings is 1. The van der Waals surface area contributed by atoms with Gasteiger partial charge in [0.05, 0.1) is 5.69 Å². The van der Waals surface area contributed by atoms with Crippen LogP contribution in [0.4, 0.5) is 8.78 Å². The molecule has 0 unspecified atom stereocenters. The molecule has 0 saturated heterocycles. The van der Waals surface area contributed by atoms with Crippen molar-refractivity contribution in [2.75, 3.05) is 0 Å². The predicted octanol–water partition coefficient (Wildman–Crippen LogP) is 5.52. The number of aromatic nitrogens is 1. The minimum Gasteiger partial charge on any atom is -0.236 e. The van der Waals surface area contributed by atoms with Gasteiger partial charge in [0.25, 0.3) is 0 Å². The second kappa shape index (κ2) is 5.42. The summed E-state index contributed by atoms with van der Waals surface area (Å²) in [7, 11) is 0. The van der Waals surface area contributed by atoms with E-state index in [4.69, 9.17) is 0 Å². The Hall–Kier alpha value is -1.59. The molecule has 0 amide bonds. The highest BCUT2D eigenvalue weighted by Gasteiger charge is 2.13. The Morgan fingerprint density at radius 1 is 1.05 bits per heavy atom. The number of hydrogen-bond donors (Lipinski definition) is 0. The van der Waals surface area contributed by atoms with Crippen LogP contribution in [0.1, 0.15) is 0 Å². The van der Waals surface area contributed by atoms with Gasteiger partial charge in [-0.25, -0.2) is 13.8 Å². The van der Waals surface area contributed by atoms with Gasteiger partial charge in [-0.05, 0) is 24.3 Å². The van der Waals surface area contributed by atoms with Crippen LogP contribution in [0, 0.1) is 11.6 Å². The summed E-state index contributed by atoms with van der Waals surface area (Å²) in [6.07, 6.45) is 0. The van der Waals surface area contributed by atoms with Crippen LogP contribution in [0.2, 0.25) is 0 Å². The number of rotatable bonds is 2. The maximum Gasteiger partial charge on any atom is 0.168 e. The molecule has 100 valence electrons. The molecule has 1 nitrogen and oxygen atoms in total. The zero-order valence-electron chi connectivity index (χ0n) is 10.1. The topological polar surface area (TPSA) is 12.9 Å². The number of benzene rings is 2. The molecule has 5 heteroatoms. The van der Waals surface area contributed by atoms with Gasteiger partial charge >= 0.3 is 0 Å². The van der Waals surface area contributed by atoms with Gasteiger partial charge in [0.2, 0.25) is 0 Å². The molecule has 20 heavy (non-hydrogen) atoms. The summed E-state index contributed by atoms with van der Waals surface area (Å²) in [6, 6.07) is 11.8. The van der Waals surface area contributed by atoms with E-state index in [1.54, 1.807) is 5.38 Å². The summed E-state index contributed by atoms with van der Waals surface area (Å²) in [6.45, 7) is 0. The first-order valence-electron chi connectivity index (χ1n) is 5.81. The number of nitrogens with zero attached hydrogens (tertiary/aromatic N) is 1. The van der Waals surface area contributed by atoms with Crippen LogP contribution in [-0.2, 0) is 0 Å². The van der Waals surface area contributed by atoms with Crippen LogP contribution in [0.5, 0.6) is 0 Å². The third-order valence-corrected chi connectivity index (χ3v) is 4.19. The Morgan fingerprint density at radius 2 is 1.85 bits per heavy atom. The standard InChI is InChI=1S/C15H8BrF2NS/c16-10-4-1-3-9(7-10)15-19-13(8-20-15)11-5-2-6-12(17)14(11)18/h1-8H. The van der Waals surface area contributed by atoms with Crippen LogP contribution in [0.3, 0.4) is 0 Å². The second-order valence-electron chi connectivity index (χ2n) is 4.15. The largest absolute Gasteiger partial charge is 0.236 e. The first-order valence-corrected chi connectivity index (χ1v) is 7.48. The molecule has 0 aliphatic heterocycles. The lowest BCUT2D eigenvalue weighted by Crippen LogP contribution is -1.89. The van der Waals surface area contributed by atoms with Crippen molar-refractivity contribution >= 4 is 27.3 Å². The molecule has 0 aliphatic rings. The van der Waals surface area contributed by atoms with E-state index in [-0.39, 0.29) is 5.56 Å². The Labute approximate surface area is 127 Å². The highest BCUT2D eigenvalue weighted by Crippen LogP contribution is 2.31. The molecule has 0 bridgehead atoms. The average Bonchev–Trinajstić information content (AvgIpc) is 2.91. The van der Waals surface area contributed by atoms with Crippen LogP contribution in [-0.4, -0.2) is 4.98 Å². The van der Waals surface area contributed by atoms with Crippen molar-refractivity contribution in [1.29, 1.82) is 0 Å². The van der Waals surface area contributed by atoms with Crippen molar-refractivity contribution in [3.8, 4) is 21.8 Å². The Balaban J connectivity index is 2.04. The van der Waals surface area contributed by atoms with Gasteiger partial charge in [-0.1, -0.05) is 34.1 Å². The van der Waals surface area contributed by atoms with Crippen LogP contribution >= 0.6 is 27.3 Å². The predicted molar refractivity (Wildman–Crippen MR) is 80.6 cm³/mol. The van der Waals surface area contributed by atoms with Crippen molar-refractivity contribution in [2.45, 2.75) is 0 Å². The highest BCUT2D eigenvalue weighted by molar-refractivity contribution is 9.10. The number of hydrogen-bond acceptors (Lipinski definition) is 2. The van der Waals surface area contributed by atoms with Crippen LogP contribution < -0.4 is 0 Å². The van der Waals surface area contributed by atoms with E-state index >= 15 is 0 Å². The summed E-state index contributed by atoms with van der Waals surface area (Å²) in [5, 5.41) is 2.50. The molecular weight excluding hydrogens is 344 g/mol. The zero-order valence-corrected chi connectivity index (χ0v) is 12.5. The van der Waals surface area contributed by atoms with E-state index in [0.717, 1.165) is 21.1 Å². The Bertz CT molecular complexity index is 770. The molecule has 0 saturated carbocycles. The van der Waals surface area contributed by atoms with E-state index in [0.29, 0.717) is 5.69 Å². The lowest BCUT2D eigenvalue weighted by molar-refractivity contribution is 0.511. The molecule has 0 atom stereocenters.